The van der Waals surface area contributed by atoms with E-state index in [1.165, 1.54) is 140 Å². The number of rotatable bonds is 24. The van der Waals surface area contributed by atoms with Crippen LogP contribution >= 0.6 is 0 Å². The second kappa shape index (κ2) is 26.9. The van der Waals surface area contributed by atoms with Gasteiger partial charge in [-0.15, -0.1) is 0 Å². The zero-order valence-electron chi connectivity index (χ0n) is 36.6. The number of aryl methyl sites for hydroxylation is 4. The largest absolute Gasteiger partial charge is 1.00 e. The van der Waals surface area contributed by atoms with Crippen LogP contribution in [0.5, 0.6) is 0 Å². The molecular weight excluding hydrogens is 795 g/mol. The fourth-order valence-corrected chi connectivity index (χ4v) is 17.3. The van der Waals surface area contributed by atoms with Crippen LogP contribution in [0.3, 0.4) is 0 Å². The Labute approximate surface area is 377 Å². The summed E-state index contributed by atoms with van der Waals surface area (Å²) in [4.78, 5) is 0. The van der Waals surface area contributed by atoms with Gasteiger partial charge < -0.3 is 37.2 Å². The van der Waals surface area contributed by atoms with Crippen LogP contribution in [-0.2, 0) is 46.1 Å². The van der Waals surface area contributed by atoms with Gasteiger partial charge in [-0.1, -0.05) is 0 Å². The first-order valence-electron chi connectivity index (χ1n) is 22.1. The van der Waals surface area contributed by atoms with Crippen molar-refractivity contribution in [3.05, 3.63) is 110 Å². The molecule has 0 heterocycles. The maximum Gasteiger partial charge on any atom is -1.00 e. The van der Waals surface area contributed by atoms with E-state index in [1.54, 1.807) is 47.3 Å². The van der Waals surface area contributed by atoms with Crippen molar-refractivity contribution in [1.29, 1.82) is 0 Å². The first-order chi connectivity index (χ1) is 25.7. The van der Waals surface area contributed by atoms with Crippen molar-refractivity contribution in [3.63, 3.8) is 0 Å². The molecule has 0 aliphatic heterocycles. The summed E-state index contributed by atoms with van der Waals surface area (Å²) in [6.07, 6.45) is 25.7. The van der Waals surface area contributed by atoms with Crippen LogP contribution in [0.4, 0.5) is 0 Å². The summed E-state index contributed by atoms with van der Waals surface area (Å²) in [5.74, 6) is 0. The Morgan fingerprint density at radius 3 is 1.07 bits per heavy atom. The second-order valence-electron chi connectivity index (χ2n) is 16.8. The van der Waals surface area contributed by atoms with Gasteiger partial charge in [0.05, 0.1) is 0 Å². The van der Waals surface area contributed by atoms with Crippen LogP contribution in [0.15, 0.2) is 87.3 Å². The molecule has 3 aromatic rings. The molecule has 5 heteroatoms. The fraction of sp³-hybridized carbons (Fsp3) is 0.569. The minimum absolute atomic E-state index is 0. The first kappa shape index (κ1) is 53.0. The van der Waals surface area contributed by atoms with Crippen LogP contribution in [0.25, 0.3) is 0 Å². The van der Waals surface area contributed by atoms with Crippen LogP contribution in [0.1, 0.15) is 180 Å². The molecule has 0 nitrogen and oxygen atoms in total. The molecule has 0 N–H and O–H groups in total. The molecule has 4 rings (SSSR count). The third kappa shape index (κ3) is 12.7. The number of unbranched alkanes of at least 4 members (excludes halogenated alkanes) is 12. The summed E-state index contributed by atoms with van der Waals surface area (Å²) in [7, 11) is -2.78. The predicted octanol–water partition coefficient (Wildman–Crippen LogP) is 4.59. The van der Waals surface area contributed by atoms with Gasteiger partial charge >= 0.3 is 342 Å². The second-order valence-corrected chi connectivity index (χ2v) is 21.8. The molecule has 1 unspecified atom stereocenters. The van der Waals surface area contributed by atoms with Crippen LogP contribution < -0.4 is 52.8 Å². The molecular formula is C51H75Cl3SiTi. The van der Waals surface area contributed by atoms with Crippen molar-refractivity contribution < 1.29 is 57.7 Å². The SMILES string of the molecule is CCCCCCc1cc(CCCCCC)cc([Si](c2ccccc2)(c2cc(CCCCCC)cc(CCCCCC)c2)C2(C)C(C)=C(C)C(C)=[C]2[Ti+3])c1.[Cl-].[Cl-].[Cl-]. The zero-order valence-corrected chi connectivity index (χ0v) is 41.5. The first-order valence-corrected chi connectivity index (χ1v) is 24.9. The van der Waals surface area contributed by atoms with E-state index in [9.17, 15) is 0 Å². The van der Waals surface area contributed by atoms with Crippen LogP contribution in [0.2, 0.25) is 5.04 Å². The Hall–Kier alpha value is -1.06. The molecule has 0 saturated carbocycles. The van der Waals surface area contributed by atoms with Gasteiger partial charge in [-0.2, -0.15) is 0 Å². The molecule has 1 aliphatic rings. The minimum Gasteiger partial charge on any atom is -1.00 e. The molecule has 0 radical (unpaired) electrons. The molecule has 0 aromatic heterocycles. The number of benzene rings is 3. The summed E-state index contributed by atoms with van der Waals surface area (Å²) in [6.45, 7) is 19.4. The van der Waals surface area contributed by atoms with E-state index >= 15 is 0 Å². The third-order valence-electron chi connectivity index (χ3n) is 13.0. The summed E-state index contributed by atoms with van der Waals surface area (Å²) in [5, 5.41) is 4.78. The smallest absolute Gasteiger partial charge is 1.00 e. The maximum absolute atomic E-state index is 2.78. The molecule has 0 bridgehead atoms. The van der Waals surface area contributed by atoms with E-state index < -0.39 is 8.07 Å². The van der Waals surface area contributed by atoms with Gasteiger partial charge in [-0.05, 0) is 0 Å². The summed E-state index contributed by atoms with van der Waals surface area (Å²) < 4.78 is 1.60. The Morgan fingerprint density at radius 2 is 0.786 bits per heavy atom. The fourth-order valence-electron chi connectivity index (χ4n) is 9.49. The Kier molecular flexibility index (Phi) is 25.5. The van der Waals surface area contributed by atoms with Gasteiger partial charge in [0.15, 0.2) is 0 Å². The molecule has 3 aromatic carbocycles. The number of halogens is 3. The number of hydrogen-bond donors (Lipinski definition) is 0. The summed E-state index contributed by atoms with van der Waals surface area (Å²) in [6, 6.07) is 28.2. The Morgan fingerprint density at radius 1 is 0.446 bits per heavy atom. The molecule has 0 fully saturated rings. The third-order valence-corrected chi connectivity index (χ3v) is 20.3. The van der Waals surface area contributed by atoms with Crippen molar-refractivity contribution in [2.45, 2.75) is 189 Å². The summed E-state index contributed by atoms with van der Waals surface area (Å²) >= 11 is 2.50. The standard InChI is InChI=1S/C51H75Si.3ClH.Ti/c1-9-13-17-22-28-44-34-45(29-23-18-14-10-2)37-49(36-44)52(48-32-26-21-27-33-48,51(8)40-41(5)42(6)43(51)7)50-38-46(30-24-19-15-11-3)35-47(39-50)31-25-20-16-12-4;;;;/h21,26-27,32-39H,9-20,22-25,28-31H2,1-8H3;3*1H;/q;;;;+3/p-3. The molecule has 0 amide bonds. The van der Waals surface area contributed by atoms with E-state index in [2.05, 4.69) is 143 Å². The molecule has 56 heavy (non-hydrogen) atoms. The van der Waals surface area contributed by atoms with Crippen molar-refractivity contribution in [1.82, 2.24) is 0 Å². The maximum atomic E-state index is 2.74. The molecule has 1 atom stereocenters. The van der Waals surface area contributed by atoms with Crippen LogP contribution in [-0.4, -0.2) is 8.07 Å². The van der Waals surface area contributed by atoms with Crippen molar-refractivity contribution in [2.75, 3.05) is 0 Å². The van der Waals surface area contributed by atoms with E-state index in [0.717, 1.165) is 0 Å². The van der Waals surface area contributed by atoms with E-state index in [-0.39, 0.29) is 42.3 Å². The normalized spacial score (nSPS) is 15.5. The van der Waals surface area contributed by atoms with Gasteiger partial charge in [0.2, 0.25) is 0 Å². The van der Waals surface area contributed by atoms with Gasteiger partial charge in [-0.3, -0.25) is 0 Å². The predicted molar refractivity (Wildman–Crippen MR) is 235 cm³/mol. The average molecular weight is 870 g/mol. The topological polar surface area (TPSA) is 0 Å². The van der Waals surface area contributed by atoms with Crippen molar-refractivity contribution >= 4 is 23.6 Å². The van der Waals surface area contributed by atoms with E-state index in [4.69, 9.17) is 0 Å². The Bertz CT molecular complexity index is 1490. The van der Waals surface area contributed by atoms with Crippen molar-refractivity contribution in [2.24, 2.45) is 0 Å². The summed E-state index contributed by atoms with van der Waals surface area (Å²) in [5.41, 5.74) is 10.9. The van der Waals surface area contributed by atoms with Crippen molar-refractivity contribution in [3.8, 4) is 0 Å². The molecule has 1 aliphatic carbocycles. The quantitative estimate of drug-likeness (QED) is 0.0704. The molecule has 0 spiro atoms. The number of allylic oxidation sites excluding steroid dienone is 4. The van der Waals surface area contributed by atoms with Gasteiger partial charge in [0, 0.05) is 0 Å². The Balaban J connectivity index is 0.00000523. The van der Waals surface area contributed by atoms with Gasteiger partial charge in [0.1, 0.15) is 0 Å². The molecule has 308 valence electrons. The monoisotopic (exact) mass is 868 g/mol. The van der Waals surface area contributed by atoms with Gasteiger partial charge in [0.25, 0.3) is 0 Å². The minimum atomic E-state index is -2.78. The zero-order chi connectivity index (χ0) is 38.3. The number of hydrogen-bond acceptors (Lipinski definition) is 0. The molecule has 0 saturated heterocycles. The van der Waals surface area contributed by atoms with Crippen LogP contribution in [0, 0.1) is 0 Å². The van der Waals surface area contributed by atoms with E-state index in [0.29, 0.717) is 0 Å². The van der Waals surface area contributed by atoms with Gasteiger partial charge in [-0.25, -0.2) is 0 Å². The van der Waals surface area contributed by atoms with E-state index in [1.807, 2.05) is 0 Å². The average Bonchev–Trinajstić information content (AvgIpc) is 3.31.